The van der Waals surface area contributed by atoms with Crippen LogP contribution in [0.5, 0.6) is 0 Å². The van der Waals surface area contributed by atoms with Crippen LogP contribution in [0.15, 0.2) is 48.5 Å². The number of fused-ring (bicyclic) bond motifs is 1. The standard InChI is InChI=1S/C26H31N5O2/c1-18(15-24(32)28-20-7-6-8-21(16-20)30-13-4-5-14-30)27-25(33)17-31-23-10-3-2-9-22(23)29-26(31)19-11-12-19/h2-3,6-10,16,18-19H,4-5,11-15,17H2,1H3,(H,27,33)(H,28,32). The molecule has 2 aliphatic rings. The first-order valence-electron chi connectivity index (χ1n) is 12.0. The predicted molar refractivity (Wildman–Crippen MR) is 130 cm³/mol. The lowest BCUT2D eigenvalue weighted by atomic mass is 10.2. The monoisotopic (exact) mass is 445 g/mol. The molecule has 33 heavy (non-hydrogen) atoms. The van der Waals surface area contributed by atoms with E-state index < -0.39 is 0 Å². The van der Waals surface area contributed by atoms with Crippen LogP contribution < -0.4 is 15.5 Å². The van der Waals surface area contributed by atoms with Crippen molar-refractivity contribution < 1.29 is 9.59 Å². The molecule has 5 rings (SSSR count). The molecule has 2 amide bonds. The summed E-state index contributed by atoms with van der Waals surface area (Å²) in [5.74, 6) is 1.24. The molecule has 7 nitrogen and oxygen atoms in total. The minimum Gasteiger partial charge on any atom is -0.371 e. The molecule has 1 unspecified atom stereocenters. The summed E-state index contributed by atoms with van der Waals surface area (Å²) in [4.78, 5) is 32.5. The summed E-state index contributed by atoms with van der Waals surface area (Å²) in [5.41, 5.74) is 3.85. The molecule has 2 fully saturated rings. The van der Waals surface area contributed by atoms with Crippen molar-refractivity contribution in [3.05, 3.63) is 54.4 Å². The second kappa shape index (κ2) is 9.25. The summed E-state index contributed by atoms with van der Waals surface area (Å²) < 4.78 is 2.03. The fraction of sp³-hybridized carbons (Fsp3) is 0.423. The van der Waals surface area contributed by atoms with Crippen LogP contribution in [0.1, 0.15) is 50.8 Å². The van der Waals surface area contributed by atoms with E-state index in [4.69, 9.17) is 4.98 Å². The molecule has 2 aromatic carbocycles. The number of amides is 2. The zero-order chi connectivity index (χ0) is 22.8. The minimum absolute atomic E-state index is 0.101. The van der Waals surface area contributed by atoms with Gasteiger partial charge in [0.25, 0.3) is 0 Å². The van der Waals surface area contributed by atoms with Crippen molar-refractivity contribution in [3.8, 4) is 0 Å². The molecule has 0 bridgehead atoms. The quantitative estimate of drug-likeness (QED) is 0.548. The van der Waals surface area contributed by atoms with E-state index in [1.165, 1.54) is 12.8 Å². The number of hydrogen-bond acceptors (Lipinski definition) is 4. The number of carbonyl (C=O) groups excluding carboxylic acids is 2. The van der Waals surface area contributed by atoms with Crippen LogP contribution in [-0.4, -0.2) is 40.5 Å². The van der Waals surface area contributed by atoms with Crippen LogP contribution in [0, 0.1) is 0 Å². The van der Waals surface area contributed by atoms with E-state index in [0.29, 0.717) is 5.92 Å². The number of imidazole rings is 1. The number of nitrogens with zero attached hydrogens (tertiary/aromatic N) is 3. The van der Waals surface area contributed by atoms with Gasteiger partial charge in [-0.1, -0.05) is 18.2 Å². The van der Waals surface area contributed by atoms with Gasteiger partial charge in [0, 0.05) is 42.8 Å². The molecule has 1 aromatic heterocycles. The summed E-state index contributed by atoms with van der Waals surface area (Å²) >= 11 is 0. The first kappa shape index (κ1) is 21.5. The Morgan fingerprint density at radius 2 is 1.85 bits per heavy atom. The zero-order valence-corrected chi connectivity index (χ0v) is 19.1. The van der Waals surface area contributed by atoms with Crippen LogP contribution in [0.4, 0.5) is 11.4 Å². The van der Waals surface area contributed by atoms with Gasteiger partial charge in [-0.05, 0) is 62.9 Å². The van der Waals surface area contributed by atoms with Gasteiger partial charge >= 0.3 is 0 Å². The first-order valence-corrected chi connectivity index (χ1v) is 12.0. The van der Waals surface area contributed by atoms with E-state index in [1.807, 2.05) is 54.0 Å². The maximum Gasteiger partial charge on any atom is 0.240 e. The Balaban J connectivity index is 1.17. The highest BCUT2D eigenvalue weighted by Gasteiger charge is 2.30. The Labute approximate surface area is 194 Å². The van der Waals surface area contributed by atoms with Crippen molar-refractivity contribution in [1.29, 1.82) is 0 Å². The van der Waals surface area contributed by atoms with E-state index in [1.54, 1.807) is 0 Å². The molecule has 2 heterocycles. The average molecular weight is 446 g/mol. The zero-order valence-electron chi connectivity index (χ0n) is 19.1. The molecule has 2 N–H and O–H groups in total. The van der Waals surface area contributed by atoms with Crippen LogP contribution in [0.2, 0.25) is 0 Å². The third-order valence-electron chi connectivity index (χ3n) is 6.43. The Morgan fingerprint density at radius 3 is 2.64 bits per heavy atom. The molecule has 7 heteroatoms. The highest BCUT2D eigenvalue weighted by atomic mass is 16.2. The Morgan fingerprint density at radius 1 is 1.06 bits per heavy atom. The number of anilines is 2. The summed E-state index contributed by atoms with van der Waals surface area (Å²) in [6.45, 7) is 4.21. The fourth-order valence-electron chi connectivity index (χ4n) is 4.67. The molecule has 0 radical (unpaired) electrons. The van der Waals surface area contributed by atoms with E-state index in [9.17, 15) is 9.59 Å². The second-order valence-corrected chi connectivity index (χ2v) is 9.28. The topological polar surface area (TPSA) is 79.3 Å². The van der Waals surface area contributed by atoms with Gasteiger partial charge in [-0.2, -0.15) is 0 Å². The predicted octanol–water partition coefficient (Wildman–Crippen LogP) is 4.05. The molecule has 3 aromatic rings. The van der Waals surface area contributed by atoms with E-state index in [-0.39, 0.29) is 30.8 Å². The lowest BCUT2D eigenvalue weighted by Gasteiger charge is -2.19. The third kappa shape index (κ3) is 5.02. The lowest BCUT2D eigenvalue weighted by Crippen LogP contribution is -2.37. The number of rotatable bonds is 8. The number of benzene rings is 2. The highest BCUT2D eigenvalue weighted by Crippen LogP contribution is 2.40. The molecule has 1 saturated carbocycles. The van der Waals surface area contributed by atoms with Crippen molar-refractivity contribution in [3.63, 3.8) is 0 Å². The Bertz CT molecular complexity index is 1160. The van der Waals surface area contributed by atoms with Crippen molar-refractivity contribution in [2.45, 2.75) is 57.5 Å². The highest BCUT2D eigenvalue weighted by molar-refractivity contribution is 5.92. The molecule has 1 atom stereocenters. The van der Waals surface area contributed by atoms with Gasteiger partial charge in [0.05, 0.1) is 11.0 Å². The summed E-state index contributed by atoms with van der Waals surface area (Å²) in [6, 6.07) is 15.7. The summed E-state index contributed by atoms with van der Waals surface area (Å²) in [5, 5.41) is 5.97. The number of nitrogens with one attached hydrogen (secondary N) is 2. The van der Waals surface area contributed by atoms with Crippen molar-refractivity contribution >= 4 is 34.2 Å². The van der Waals surface area contributed by atoms with Crippen LogP contribution in [-0.2, 0) is 16.1 Å². The SMILES string of the molecule is CC(CC(=O)Nc1cccc(N2CCCC2)c1)NC(=O)Cn1c(C2CC2)nc2ccccc21. The molecule has 0 spiro atoms. The average Bonchev–Trinajstić information content (AvgIpc) is 3.35. The van der Waals surface area contributed by atoms with Crippen molar-refractivity contribution in [1.82, 2.24) is 14.9 Å². The summed E-state index contributed by atoms with van der Waals surface area (Å²) in [7, 11) is 0. The molecular weight excluding hydrogens is 414 g/mol. The van der Waals surface area contributed by atoms with E-state index in [2.05, 4.69) is 21.6 Å². The van der Waals surface area contributed by atoms with Gasteiger partial charge in [0.2, 0.25) is 11.8 Å². The molecule has 1 aliphatic carbocycles. The molecule has 172 valence electrons. The maximum atomic E-state index is 12.8. The number of carbonyl (C=O) groups is 2. The molecule has 1 saturated heterocycles. The van der Waals surface area contributed by atoms with Crippen LogP contribution >= 0.6 is 0 Å². The van der Waals surface area contributed by atoms with Gasteiger partial charge < -0.3 is 20.1 Å². The summed E-state index contributed by atoms with van der Waals surface area (Å²) in [6.07, 6.45) is 4.90. The smallest absolute Gasteiger partial charge is 0.240 e. The second-order valence-electron chi connectivity index (χ2n) is 9.28. The fourth-order valence-corrected chi connectivity index (χ4v) is 4.67. The Kier molecular flexibility index (Phi) is 6.03. The number of hydrogen-bond donors (Lipinski definition) is 2. The number of aromatic nitrogens is 2. The van der Waals surface area contributed by atoms with Gasteiger partial charge in [-0.15, -0.1) is 0 Å². The van der Waals surface area contributed by atoms with Crippen LogP contribution in [0.25, 0.3) is 11.0 Å². The van der Waals surface area contributed by atoms with E-state index >= 15 is 0 Å². The first-order chi connectivity index (χ1) is 16.1. The largest absolute Gasteiger partial charge is 0.371 e. The molecule has 1 aliphatic heterocycles. The minimum atomic E-state index is -0.265. The van der Waals surface area contributed by atoms with Gasteiger partial charge in [0.1, 0.15) is 12.4 Å². The Hall–Kier alpha value is -3.35. The maximum absolute atomic E-state index is 12.8. The van der Waals surface area contributed by atoms with E-state index in [0.717, 1.165) is 54.2 Å². The molecular formula is C26H31N5O2. The number of para-hydroxylation sites is 2. The van der Waals surface area contributed by atoms with Crippen LogP contribution in [0.3, 0.4) is 0 Å². The van der Waals surface area contributed by atoms with Gasteiger partial charge in [-0.3, -0.25) is 9.59 Å². The van der Waals surface area contributed by atoms with Gasteiger partial charge in [0.15, 0.2) is 0 Å². The normalized spacial score (nSPS) is 16.7. The van der Waals surface area contributed by atoms with Crippen molar-refractivity contribution in [2.24, 2.45) is 0 Å². The van der Waals surface area contributed by atoms with Gasteiger partial charge in [-0.25, -0.2) is 4.98 Å². The van der Waals surface area contributed by atoms with Crippen molar-refractivity contribution in [2.75, 3.05) is 23.3 Å². The third-order valence-corrected chi connectivity index (χ3v) is 6.43. The lowest BCUT2D eigenvalue weighted by molar-refractivity contribution is -0.122.